The third-order valence-electron chi connectivity index (χ3n) is 7.07. The summed E-state index contributed by atoms with van der Waals surface area (Å²) in [5, 5.41) is 6.17. The number of hydrogen-bond donors (Lipinski definition) is 3. The van der Waals surface area contributed by atoms with Crippen molar-refractivity contribution >= 4 is 59.2 Å². The van der Waals surface area contributed by atoms with Gasteiger partial charge in [-0.25, -0.2) is 9.79 Å². The summed E-state index contributed by atoms with van der Waals surface area (Å²) in [4.78, 5) is 46.4. The molecule has 198 valence electrons. The molecule has 1 saturated heterocycles. The molecule has 9 nitrogen and oxygen atoms in total. The van der Waals surface area contributed by atoms with Crippen LogP contribution >= 0.6 is 23.5 Å². The number of amides is 3. The number of hydrogen-bond acceptors (Lipinski definition) is 7. The number of rotatable bonds is 5. The van der Waals surface area contributed by atoms with Crippen molar-refractivity contribution in [3.05, 3.63) is 88.4 Å². The van der Waals surface area contributed by atoms with E-state index >= 15 is 0 Å². The van der Waals surface area contributed by atoms with Crippen LogP contribution in [0.3, 0.4) is 0 Å². The van der Waals surface area contributed by atoms with Gasteiger partial charge in [-0.2, -0.15) is 0 Å². The lowest BCUT2D eigenvalue weighted by Crippen LogP contribution is -2.50. The van der Waals surface area contributed by atoms with Crippen molar-refractivity contribution in [1.29, 1.82) is 0 Å². The maximum absolute atomic E-state index is 13.9. The third kappa shape index (κ3) is 5.05. The van der Waals surface area contributed by atoms with Crippen LogP contribution in [0.5, 0.6) is 0 Å². The Labute approximate surface area is 234 Å². The summed E-state index contributed by atoms with van der Waals surface area (Å²) in [6.07, 6.45) is 1.75. The van der Waals surface area contributed by atoms with Crippen LogP contribution in [0, 0.1) is 0 Å². The molecule has 6 rings (SSSR count). The van der Waals surface area contributed by atoms with Crippen molar-refractivity contribution in [2.45, 2.75) is 29.4 Å². The van der Waals surface area contributed by atoms with Gasteiger partial charge in [0, 0.05) is 35.5 Å². The van der Waals surface area contributed by atoms with Gasteiger partial charge in [0.1, 0.15) is 6.04 Å². The number of nitrogens with zero attached hydrogens (tertiary/aromatic N) is 2. The molecule has 3 aliphatic heterocycles. The molecule has 3 amide bonds. The number of anilines is 1. The van der Waals surface area contributed by atoms with E-state index in [2.05, 4.69) is 20.3 Å². The maximum Gasteiger partial charge on any atom is 0.412 e. The summed E-state index contributed by atoms with van der Waals surface area (Å²) >= 11 is 7.63. The Balaban J connectivity index is 1.26. The first-order valence-electron chi connectivity index (χ1n) is 12.4. The molecule has 3 aromatic rings. The molecule has 0 saturated carbocycles. The molecule has 3 aliphatic rings. The fraction of sp³-hybridized carbons (Fsp3) is 0.214. The van der Waals surface area contributed by atoms with E-state index < -0.39 is 17.7 Å². The van der Waals surface area contributed by atoms with Gasteiger partial charge in [-0.3, -0.25) is 14.9 Å². The van der Waals surface area contributed by atoms with Gasteiger partial charge >= 0.3 is 6.09 Å². The molecule has 3 aromatic carbocycles. The van der Waals surface area contributed by atoms with Crippen LogP contribution in [0.1, 0.15) is 27.9 Å². The minimum absolute atomic E-state index is 0.160. The molecular weight excluding hydrogens is 538 g/mol. The van der Waals surface area contributed by atoms with E-state index in [1.165, 1.54) is 11.9 Å². The topological polar surface area (TPSA) is 112 Å². The quantitative estimate of drug-likeness (QED) is 0.391. The maximum atomic E-state index is 13.9. The third-order valence-corrected chi connectivity index (χ3v) is 8.08. The van der Waals surface area contributed by atoms with Gasteiger partial charge in [0.05, 0.1) is 29.2 Å². The standard InChI is InChI=1S/C28H24ClN5O4S/c29-19-7-9-21-20(14-19)28(38-27(37)33-21)10-11-34(15-28)26(36)23(12-17-4-2-1-3-5-17)32-25(35)18-6-8-22-24(13-18)39-31-16-30-22/h1-9,13-14,16,23H,10-12,15H2,(H,30,31)(H,32,35)(H,33,37)/t23-,28?/m0/s1. The number of aliphatic imine (C=N–C) groups is 1. The van der Waals surface area contributed by atoms with Crippen LogP contribution in [0.2, 0.25) is 5.02 Å². The van der Waals surface area contributed by atoms with E-state index in [-0.39, 0.29) is 18.4 Å². The number of ether oxygens (including phenoxy) is 1. The molecule has 1 fully saturated rings. The number of benzene rings is 3. The minimum Gasteiger partial charge on any atom is -0.436 e. The van der Waals surface area contributed by atoms with Crippen LogP contribution in [0.4, 0.5) is 16.2 Å². The van der Waals surface area contributed by atoms with Crippen molar-refractivity contribution < 1.29 is 19.1 Å². The van der Waals surface area contributed by atoms with E-state index in [0.29, 0.717) is 35.7 Å². The van der Waals surface area contributed by atoms with Gasteiger partial charge in [0.15, 0.2) is 5.60 Å². The largest absolute Gasteiger partial charge is 0.436 e. The highest BCUT2D eigenvalue weighted by Crippen LogP contribution is 2.44. The van der Waals surface area contributed by atoms with Crippen molar-refractivity contribution in [2.24, 2.45) is 4.99 Å². The highest BCUT2D eigenvalue weighted by Gasteiger charge is 2.49. The van der Waals surface area contributed by atoms with E-state index in [1.807, 2.05) is 30.3 Å². The van der Waals surface area contributed by atoms with Gasteiger partial charge in [0.2, 0.25) is 5.91 Å². The van der Waals surface area contributed by atoms with Crippen LogP contribution in [-0.2, 0) is 21.6 Å². The van der Waals surface area contributed by atoms with Crippen LogP contribution in [0.15, 0.2) is 76.6 Å². The summed E-state index contributed by atoms with van der Waals surface area (Å²) in [7, 11) is 0. The first kappa shape index (κ1) is 25.3. The molecule has 1 unspecified atom stereocenters. The smallest absolute Gasteiger partial charge is 0.412 e. The molecule has 1 spiro atoms. The van der Waals surface area contributed by atoms with Crippen LogP contribution in [-0.4, -0.2) is 48.3 Å². The SMILES string of the molecule is O=C1Nc2ccc(Cl)cc2C2(CCN(C(=O)[C@H](Cc3ccccc3)NC(=O)c3ccc4c(c3)SNC=N4)C2)O1. The van der Waals surface area contributed by atoms with Gasteiger partial charge in [-0.15, -0.1) is 0 Å². The predicted molar refractivity (Wildman–Crippen MR) is 149 cm³/mol. The van der Waals surface area contributed by atoms with Crippen molar-refractivity contribution in [3.8, 4) is 0 Å². The zero-order valence-electron chi connectivity index (χ0n) is 20.6. The highest BCUT2D eigenvalue weighted by molar-refractivity contribution is 7.98. The molecule has 0 radical (unpaired) electrons. The molecule has 0 aliphatic carbocycles. The second-order valence-corrected chi connectivity index (χ2v) is 10.9. The normalized spacial score (nSPS) is 19.8. The first-order valence-corrected chi connectivity index (χ1v) is 13.6. The van der Waals surface area contributed by atoms with Crippen molar-refractivity contribution in [2.75, 3.05) is 18.4 Å². The van der Waals surface area contributed by atoms with Gasteiger partial charge in [-0.05, 0) is 53.9 Å². The van der Waals surface area contributed by atoms with Crippen molar-refractivity contribution in [1.82, 2.24) is 14.9 Å². The predicted octanol–water partition coefficient (Wildman–Crippen LogP) is 4.64. The van der Waals surface area contributed by atoms with Crippen LogP contribution in [0.25, 0.3) is 0 Å². The van der Waals surface area contributed by atoms with E-state index in [1.54, 1.807) is 47.6 Å². The van der Waals surface area contributed by atoms with E-state index in [9.17, 15) is 14.4 Å². The monoisotopic (exact) mass is 561 g/mol. The fourth-order valence-electron chi connectivity index (χ4n) is 5.18. The Hall–Kier alpha value is -4.02. The number of likely N-dealkylation sites (tertiary alicyclic amines) is 1. The fourth-order valence-corrected chi connectivity index (χ4v) is 6.00. The highest BCUT2D eigenvalue weighted by atomic mass is 35.5. The van der Waals surface area contributed by atoms with Crippen LogP contribution < -0.4 is 15.4 Å². The molecule has 39 heavy (non-hydrogen) atoms. The van der Waals surface area contributed by atoms with Gasteiger partial charge in [0.25, 0.3) is 5.91 Å². The molecule has 2 atom stereocenters. The average Bonchev–Trinajstić information content (AvgIpc) is 3.37. The lowest BCUT2D eigenvalue weighted by atomic mass is 9.90. The zero-order valence-corrected chi connectivity index (χ0v) is 22.2. The summed E-state index contributed by atoms with van der Waals surface area (Å²) in [5.41, 5.74) is 2.45. The summed E-state index contributed by atoms with van der Waals surface area (Å²) in [6, 6.07) is 19.1. The Morgan fingerprint density at radius 1 is 1.15 bits per heavy atom. The van der Waals surface area contributed by atoms with Crippen molar-refractivity contribution in [3.63, 3.8) is 0 Å². The lowest BCUT2D eigenvalue weighted by Gasteiger charge is -2.35. The molecular formula is C28H24ClN5O4S. The molecule has 3 N–H and O–H groups in total. The Kier molecular flexibility index (Phi) is 6.66. The molecule has 11 heteroatoms. The Morgan fingerprint density at radius 2 is 2.00 bits per heavy atom. The molecule has 3 heterocycles. The Morgan fingerprint density at radius 3 is 2.85 bits per heavy atom. The number of carbonyl (C=O) groups is 3. The summed E-state index contributed by atoms with van der Waals surface area (Å²) in [5.74, 6) is -0.609. The summed E-state index contributed by atoms with van der Waals surface area (Å²) < 4.78 is 8.75. The number of halogens is 1. The number of carbonyl (C=O) groups excluding carboxylic acids is 3. The first-order chi connectivity index (χ1) is 18.9. The zero-order chi connectivity index (χ0) is 27.0. The lowest BCUT2D eigenvalue weighted by molar-refractivity contribution is -0.133. The molecule has 0 aromatic heterocycles. The number of fused-ring (bicyclic) bond motifs is 3. The minimum atomic E-state index is -1.01. The van der Waals surface area contributed by atoms with Gasteiger partial charge in [-0.1, -0.05) is 41.9 Å². The van der Waals surface area contributed by atoms with E-state index in [0.717, 1.165) is 21.7 Å². The summed E-state index contributed by atoms with van der Waals surface area (Å²) in [6.45, 7) is 0.519. The van der Waals surface area contributed by atoms with Gasteiger partial charge < -0.3 is 19.7 Å². The Bertz CT molecular complexity index is 1500. The van der Waals surface area contributed by atoms with E-state index in [4.69, 9.17) is 16.3 Å². The molecule has 0 bridgehead atoms. The second-order valence-electron chi connectivity index (χ2n) is 9.58. The average molecular weight is 562 g/mol. The second kappa shape index (κ2) is 10.3. The number of nitrogens with one attached hydrogen (secondary N) is 3.